The van der Waals surface area contributed by atoms with Crippen LogP contribution in [-0.2, 0) is 9.47 Å². The zero-order valence-electron chi connectivity index (χ0n) is 13.6. The molecular weight excluding hydrogens is 296 g/mol. The summed E-state index contributed by atoms with van der Waals surface area (Å²) < 4.78 is 11.4. The Bertz CT molecular complexity index is 550. The molecule has 6 nitrogen and oxygen atoms in total. The van der Waals surface area contributed by atoms with Gasteiger partial charge in [0.1, 0.15) is 5.69 Å². The van der Waals surface area contributed by atoms with E-state index in [0.29, 0.717) is 11.5 Å². The Morgan fingerprint density at radius 2 is 2.13 bits per heavy atom. The van der Waals surface area contributed by atoms with Crippen LogP contribution in [0.1, 0.15) is 24.8 Å². The molecule has 2 saturated heterocycles. The minimum absolute atomic E-state index is 0.231. The molecule has 0 amide bonds. The molecule has 0 bridgehead atoms. The average molecular weight is 320 g/mol. The number of nitro groups is 1. The molecule has 2 heterocycles. The van der Waals surface area contributed by atoms with Crippen LogP contribution < -0.4 is 4.90 Å². The fraction of sp³-hybridized carbons (Fsp3) is 0.647. The topological polar surface area (TPSA) is 64.8 Å². The summed E-state index contributed by atoms with van der Waals surface area (Å²) in [7, 11) is 0. The van der Waals surface area contributed by atoms with Crippen molar-refractivity contribution in [3.63, 3.8) is 0 Å². The van der Waals surface area contributed by atoms with Gasteiger partial charge in [-0.3, -0.25) is 10.1 Å². The molecule has 2 aliphatic rings. The normalized spacial score (nSPS) is 22.5. The van der Waals surface area contributed by atoms with E-state index in [1.165, 1.54) is 0 Å². The van der Waals surface area contributed by atoms with E-state index in [2.05, 4.69) is 4.90 Å². The van der Waals surface area contributed by atoms with Gasteiger partial charge in [0.25, 0.3) is 5.69 Å². The molecule has 6 heteroatoms. The summed E-state index contributed by atoms with van der Waals surface area (Å²) in [5.41, 5.74) is 1.68. The van der Waals surface area contributed by atoms with E-state index in [4.69, 9.17) is 9.47 Å². The maximum absolute atomic E-state index is 11.3. The van der Waals surface area contributed by atoms with Gasteiger partial charge < -0.3 is 14.4 Å². The number of nitro benzene ring substituents is 1. The van der Waals surface area contributed by atoms with E-state index >= 15 is 0 Å². The number of ether oxygens (including phenoxy) is 2. The first-order valence-corrected chi connectivity index (χ1v) is 8.33. The van der Waals surface area contributed by atoms with Crippen molar-refractivity contribution in [1.82, 2.24) is 0 Å². The second kappa shape index (κ2) is 7.27. The summed E-state index contributed by atoms with van der Waals surface area (Å²) in [5, 5.41) is 11.3. The van der Waals surface area contributed by atoms with Crippen molar-refractivity contribution in [1.29, 1.82) is 0 Å². The lowest BCUT2D eigenvalue weighted by Gasteiger charge is -2.33. The maximum atomic E-state index is 11.3. The SMILES string of the molecule is Cc1cccc(N2CCC(OC[C@H]3CCOC3)CC2)c1[N+](=O)[O-]. The van der Waals surface area contributed by atoms with E-state index < -0.39 is 0 Å². The zero-order valence-corrected chi connectivity index (χ0v) is 13.6. The highest BCUT2D eigenvalue weighted by molar-refractivity contribution is 5.66. The van der Waals surface area contributed by atoms with Gasteiger partial charge in [-0.25, -0.2) is 0 Å². The number of anilines is 1. The summed E-state index contributed by atoms with van der Waals surface area (Å²) in [6, 6.07) is 5.53. The van der Waals surface area contributed by atoms with Crippen LogP contribution in [0.3, 0.4) is 0 Å². The Morgan fingerprint density at radius 1 is 1.35 bits per heavy atom. The molecule has 126 valence electrons. The van der Waals surface area contributed by atoms with Gasteiger partial charge in [-0.05, 0) is 32.3 Å². The molecule has 0 aliphatic carbocycles. The third-order valence-corrected chi connectivity index (χ3v) is 4.77. The van der Waals surface area contributed by atoms with E-state index in [0.717, 1.165) is 57.9 Å². The van der Waals surface area contributed by atoms with Gasteiger partial charge in [-0.2, -0.15) is 0 Å². The van der Waals surface area contributed by atoms with Gasteiger partial charge in [0, 0.05) is 31.2 Å². The van der Waals surface area contributed by atoms with Crippen LogP contribution in [-0.4, -0.2) is 43.9 Å². The lowest BCUT2D eigenvalue weighted by atomic mass is 10.0. The standard InChI is InChI=1S/C17H24N2O4/c1-13-3-2-4-16(17(13)19(20)21)18-8-5-15(6-9-18)23-12-14-7-10-22-11-14/h2-4,14-15H,5-12H2,1H3/t14-/m0/s1. The van der Waals surface area contributed by atoms with Crippen molar-refractivity contribution in [2.24, 2.45) is 5.92 Å². The lowest BCUT2D eigenvalue weighted by Crippen LogP contribution is -2.38. The monoisotopic (exact) mass is 320 g/mol. The predicted molar refractivity (Wildman–Crippen MR) is 87.9 cm³/mol. The molecule has 0 N–H and O–H groups in total. The van der Waals surface area contributed by atoms with Gasteiger partial charge in [0.2, 0.25) is 0 Å². The molecule has 3 rings (SSSR count). The number of benzene rings is 1. The van der Waals surface area contributed by atoms with Crippen molar-refractivity contribution >= 4 is 11.4 Å². The molecule has 2 fully saturated rings. The van der Waals surface area contributed by atoms with Crippen molar-refractivity contribution in [2.45, 2.75) is 32.3 Å². The van der Waals surface area contributed by atoms with Crippen LogP contribution in [0.2, 0.25) is 0 Å². The van der Waals surface area contributed by atoms with Crippen LogP contribution in [0.5, 0.6) is 0 Å². The third-order valence-electron chi connectivity index (χ3n) is 4.77. The summed E-state index contributed by atoms with van der Waals surface area (Å²) in [6.45, 7) is 5.83. The van der Waals surface area contributed by atoms with Gasteiger partial charge in [0.15, 0.2) is 0 Å². The highest BCUT2D eigenvalue weighted by Crippen LogP contribution is 2.33. The number of aryl methyl sites for hydroxylation is 1. The number of rotatable bonds is 5. The van der Waals surface area contributed by atoms with Crippen LogP contribution in [0.15, 0.2) is 18.2 Å². The Morgan fingerprint density at radius 3 is 2.78 bits per heavy atom. The molecule has 2 aliphatic heterocycles. The van der Waals surface area contributed by atoms with Crippen molar-refractivity contribution in [3.05, 3.63) is 33.9 Å². The van der Waals surface area contributed by atoms with Crippen LogP contribution >= 0.6 is 0 Å². The molecule has 1 aromatic rings. The zero-order chi connectivity index (χ0) is 16.2. The highest BCUT2D eigenvalue weighted by Gasteiger charge is 2.27. The quantitative estimate of drug-likeness (QED) is 0.616. The lowest BCUT2D eigenvalue weighted by molar-refractivity contribution is -0.384. The van der Waals surface area contributed by atoms with E-state index in [1.54, 1.807) is 13.0 Å². The maximum Gasteiger partial charge on any atom is 0.295 e. The molecule has 0 saturated carbocycles. The summed E-state index contributed by atoms with van der Waals surface area (Å²) in [6.07, 6.45) is 3.18. The van der Waals surface area contributed by atoms with Crippen LogP contribution in [0.4, 0.5) is 11.4 Å². The summed E-state index contributed by atoms with van der Waals surface area (Å²) >= 11 is 0. The minimum Gasteiger partial charge on any atom is -0.381 e. The number of piperidine rings is 1. The van der Waals surface area contributed by atoms with Crippen LogP contribution in [0.25, 0.3) is 0 Å². The Hall–Kier alpha value is -1.66. The number of para-hydroxylation sites is 1. The minimum atomic E-state index is -0.270. The number of hydrogen-bond acceptors (Lipinski definition) is 5. The number of hydrogen-bond donors (Lipinski definition) is 0. The summed E-state index contributed by atoms with van der Waals surface area (Å²) in [4.78, 5) is 13.2. The first kappa shape index (κ1) is 16.2. The first-order valence-electron chi connectivity index (χ1n) is 8.33. The first-order chi connectivity index (χ1) is 11.1. The molecule has 0 unspecified atom stereocenters. The largest absolute Gasteiger partial charge is 0.381 e. The predicted octanol–water partition coefficient (Wildman–Crippen LogP) is 2.93. The molecule has 1 aromatic carbocycles. The Kier molecular flexibility index (Phi) is 5.13. The second-order valence-corrected chi connectivity index (χ2v) is 6.45. The van der Waals surface area contributed by atoms with Crippen molar-refractivity contribution in [3.8, 4) is 0 Å². The molecule has 1 atom stereocenters. The van der Waals surface area contributed by atoms with Gasteiger partial charge in [-0.1, -0.05) is 12.1 Å². The van der Waals surface area contributed by atoms with E-state index in [1.807, 2.05) is 12.1 Å². The smallest absolute Gasteiger partial charge is 0.295 e. The second-order valence-electron chi connectivity index (χ2n) is 6.45. The molecular formula is C17H24N2O4. The molecule has 0 aromatic heterocycles. The fourth-order valence-electron chi connectivity index (χ4n) is 3.39. The van der Waals surface area contributed by atoms with Crippen molar-refractivity contribution in [2.75, 3.05) is 37.8 Å². The average Bonchev–Trinajstić information content (AvgIpc) is 3.06. The van der Waals surface area contributed by atoms with Crippen molar-refractivity contribution < 1.29 is 14.4 Å². The van der Waals surface area contributed by atoms with Gasteiger partial charge in [0.05, 0.1) is 24.2 Å². The summed E-state index contributed by atoms with van der Waals surface area (Å²) in [5.74, 6) is 0.533. The van der Waals surface area contributed by atoms with Gasteiger partial charge >= 0.3 is 0 Å². The van der Waals surface area contributed by atoms with Gasteiger partial charge in [-0.15, -0.1) is 0 Å². The number of nitrogens with zero attached hydrogens (tertiary/aromatic N) is 2. The highest BCUT2D eigenvalue weighted by atomic mass is 16.6. The molecule has 0 spiro atoms. The van der Waals surface area contributed by atoms with Crippen LogP contribution in [0, 0.1) is 23.0 Å². The fourth-order valence-corrected chi connectivity index (χ4v) is 3.39. The Balaban J connectivity index is 1.56. The van der Waals surface area contributed by atoms with E-state index in [-0.39, 0.29) is 16.7 Å². The Labute approximate surface area is 136 Å². The molecule has 0 radical (unpaired) electrons. The third kappa shape index (κ3) is 3.82. The molecule has 23 heavy (non-hydrogen) atoms. The van der Waals surface area contributed by atoms with E-state index in [9.17, 15) is 10.1 Å².